The fraction of sp³-hybridized carbons (Fsp3) is 0.154. The molecule has 0 radical (unpaired) electrons. The first kappa shape index (κ1) is 12.0. The third-order valence-corrected chi connectivity index (χ3v) is 5.08. The molecule has 3 rings (SSSR count). The average molecular weight is 371 g/mol. The molecule has 0 unspecified atom stereocenters. The molecule has 1 aromatic carbocycles. The number of halogens is 1. The Morgan fingerprint density at radius 3 is 3.06 bits per heavy atom. The lowest BCUT2D eigenvalue weighted by molar-refractivity contribution is -0.139. The molecular formula is C13H10INO2S. The summed E-state index contributed by atoms with van der Waals surface area (Å²) in [6.45, 7) is 0. The Morgan fingerprint density at radius 2 is 2.28 bits per heavy atom. The van der Waals surface area contributed by atoms with Crippen LogP contribution < -0.4 is 0 Å². The molecule has 0 bridgehead atoms. The zero-order chi connectivity index (χ0) is 12.7. The number of thiophene rings is 1. The number of esters is 1. The van der Waals surface area contributed by atoms with Crippen LogP contribution in [-0.4, -0.2) is 18.1 Å². The lowest BCUT2D eigenvalue weighted by Crippen LogP contribution is -2.05. The first-order chi connectivity index (χ1) is 8.70. The van der Waals surface area contributed by atoms with E-state index >= 15 is 0 Å². The molecule has 0 atom stereocenters. The summed E-state index contributed by atoms with van der Waals surface area (Å²) in [5.41, 5.74) is 2.01. The van der Waals surface area contributed by atoms with Gasteiger partial charge in [-0.2, -0.15) is 0 Å². The molecule has 5 heteroatoms. The first-order valence-corrected chi connectivity index (χ1v) is 7.39. The smallest absolute Gasteiger partial charge is 0.311 e. The van der Waals surface area contributed by atoms with E-state index in [9.17, 15) is 4.79 Å². The van der Waals surface area contributed by atoms with Gasteiger partial charge in [-0.3, -0.25) is 4.79 Å². The summed E-state index contributed by atoms with van der Waals surface area (Å²) in [6, 6.07) is 6.28. The summed E-state index contributed by atoms with van der Waals surface area (Å²) in [4.78, 5) is 14.7. The van der Waals surface area contributed by atoms with Gasteiger partial charge in [0.2, 0.25) is 0 Å². The van der Waals surface area contributed by atoms with E-state index in [1.54, 1.807) is 11.3 Å². The number of methoxy groups -OCH3 is 1. The third kappa shape index (κ3) is 1.81. The molecular weight excluding hydrogens is 361 g/mol. The largest absolute Gasteiger partial charge is 0.469 e. The van der Waals surface area contributed by atoms with Crippen molar-refractivity contribution in [2.24, 2.45) is 0 Å². The highest BCUT2D eigenvalue weighted by molar-refractivity contribution is 14.1. The van der Waals surface area contributed by atoms with Crippen molar-refractivity contribution in [2.45, 2.75) is 6.42 Å². The molecule has 92 valence electrons. The van der Waals surface area contributed by atoms with Crippen LogP contribution in [0.15, 0.2) is 23.6 Å². The van der Waals surface area contributed by atoms with E-state index in [-0.39, 0.29) is 12.4 Å². The van der Waals surface area contributed by atoms with Gasteiger partial charge in [0.25, 0.3) is 0 Å². The number of carbonyl (C=O) groups is 1. The molecule has 0 aliphatic rings. The van der Waals surface area contributed by atoms with Gasteiger partial charge < -0.3 is 9.72 Å². The Bertz CT molecular complexity index is 744. The third-order valence-electron chi connectivity index (χ3n) is 2.94. The Balaban J connectivity index is 2.23. The zero-order valence-corrected chi connectivity index (χ0v) is 12.6. The van der Waals surface area contributed by atoms with Gasteiger partial charge in [0, 0.05) is 24.9 Å². The molecule has 0 amide bonds. The van der Waals surface area contributed by atoms with Crippen molar-refractivity contribution in [3.05, 3.63) is 32.8 Å². The minimum Gasteiger partial charge on any atom is -0.469 e. The monoisotopic (exact) mass is 371 g/mol. The van der Waals surface area contributed by atoms with E-state index in [2.05, 4.69) is 51.2 Å². The van der Waals surface area contributed by atoms with Gasteiger partial charge in [-0.15, -0.1) is 11.3 Å². The van der Waals surface area contributed by atoms with Gasteiger partial charge in [0.05, 0.1) is 13.5 Å². The van der Waals surface area contributed by atoms with Crippen molar-refractivity contribution in [3.8, 4) is 0 Å². The first-order valence-electron chi connectivity index (χ1n) is 5.44. The van der Waals surface area contributed by atoms with Crippen LogP contribution in [0.1, 0.15) is 5.69 Å². The molecule has 18 heavy (non-hydrogen) atoms. The maximum atomic E-state index is 11.4. The van der Waals surface area contributed by atoms with Crippen molar-refractivity contribution >= 4 is 60.9 Å². The Hall–Kier alpha value is -1.08. The van der Waals surface area contributed by atoms with E-state index in [1.807, 2.05) is 0 Å². The number of carbonyl (C=O) groups excluding carboxylic acids is 1. The summed E-state index contributed by atoms with van der Waals surface area (Å²) >= 11 is 4.02. The summed E-state index contributed by atoms with van der Waals surface area (Å²) in [5.74, 6) is -0.220. The topological polar surface area (TPSA) is 42.1 Å². The number of nitrogens with one attached hydrogen (secondary N) is 1. The highest BCUT2D eigenvalue weighted by atomic mass is 127. The van der Waals surface area contributed by atoms with Gasteiger partial charge in [0.15, 0.2) is 0 Å². The van der Waals surface area contributed by atoms with Crippen molar-refractivity contribution < 1.29 is 9.53 Å². The Labute approximate surface area is 121 Å². The fourth-order valence-corrected chi connectivity index (χ4v) is 4.08. The van der Waals surface area contributed by atoms with Crippen LogP contribution in [0, 0.1) is 3.57 Å². The van der Waals surface area contributed by atoms with Crippen molar-refractivity contribution in [3.63, 3.8) is 0 Å². The van der Waals surface area contributed by atoms with E-state index in [4.69, 9.17) is 4.74 Å². The number of aromatic nitrogens is 1. The van der Waals surface area contributed by atoms with Crippen molar-refractivity contribution in [1.82, 2.24) is 4.98 Å². The maximum absolute atomic E-state index is 11.4. The lowest BCUT2D eigenvalue weighted by atomic mass is 10.2. The minimum atomic E-state index is -0.220. The van der Waals surface area contributed by atoms with E-state index < -0.39 is 0 Å². The molecule has 3 aromatic rings. The number of aromatic amines is 1. The second kappa shape index (κ2) is 4.55. The normalized spacial score (nSPS) is 11.2. The van der Waals surface area contributed by atoms with Crippen LogP contribution in [0.25, 0.3) is 21.0 Å². The Kier molecular flexibility index (Phi) is 3.03. The maximum Gasteiger partial charge on any atom is 0.311 e. The standard InChI is InChI=1S/C13H10INO2S/c1-17-10(16)6-9-12(14)11-8(15-9)3-2-7-4-5-18-13(7)11/h2-5,15H,6H2,1H3. The van der Waals surface area contributed by atoms with Crippen LogP contribution in [-0.2, 0) is 16.0 Å². The molecule has 2 heterocycles. The number of benzene rings is 1. The number of H-pyrrole nitrogens is 1. The van der Waals surface area contributed by atoms with Crippen LogP contribution in [0.3, 0.4) is 0 Å². The average Bonchev–Trinajstić information content (AvgIpc) is 2.94. The predicted molar refractivity (Wildman–Crippen MR) is 82.1 cm³/mol. The molecule has 3 nitrogen and oxygen atoms in total. The second-order valence-corrected chi connectivity index (χ2v) is 5.99. The van der Waals surface area contributed by atoms with Crippen LogP contribution in [0.2, 0.25) is 0 Å². The molecule has 0 aliphatic heterocycles. The number of ether oxygens (including phenoxy) is 1. The molecule has 0 fully saturated rings. The van der Waals surface area contributed by atoms with Gasteiger partial charge in [0.1, 0.15) is 0 Å². The SMILES string of the molecule is COC(=O)Cc1[nH]c2ccc3ccsc3c2c1I. The second-order valence-electron chi connectivity index (χ2n) is 4.00. The summed E-state index contributed by atoms with van der Waals surface area (Å²) in [6.07, 6.45) is 0.288. The zero-order valence-electron chi connectivity index (χ0n) is 9.62. The van der Waals surface area contributed by atoms with E-state index in [0.29, 0.717) is 0 Å². The van der Waals surface area contributed by atoms with Gasteiger partial charge in [-0.05, 0) is 45.5 Å². The summed E-state index contributed by atoms with van der Waals surface area (Å²) in [5, 5.41) is 4.55. The number of hydrogen-bond donors (Lipinski definition) is 1. The molecule has 0 aliphatic carbocycles. The molecule has 0 saturated heterocycles. The van der Waals surface area contributed by atoms with E-state index in [1.165, 1.54) is 22.6 Å². The minimum absolute atomic E-state index is 0.220. The van der Waals surface area contributed by atoms with Crippen LogP contribution in [0.5, 0.6) is 0 Å². The summed E-state index contributed by atoms with van der Waals surface area (Å²) in [7, 11) is 1.41. The molecule has 2 aromatic heterocycles. The molecule has 0 saturated carbocycles. The number of fused-ring (bicyclic) bond motifs is 3. The van der Waals surface area contributed by atoms with Crippen LogP contribution >= 0.6 is 33.9 Å². The quantitative estimate of drug-likeness (QED) is 0.551. The van der Waals surface area contributed by atoms with Crippen LogP contribution in [0.4, 0.5) is 0 Å². The lowest BCUT2D eigenvalue weighted by Gasteiger charge is -1.97. The predicted octanol–water partition coefficient (Wildman–Crippen LogP) is 3.70. The van der Waals surface area contributed by atoms with Crippen molar-refractivity contribution in [1.29, 1.82) is 0 Å². The molecule has 0 spiro atoms. The number of rotatable bonds is 2. The highest BCUT2D eigenvalue weighted by Gasteiger charge is 2.15. The summed E-state index contributed by atoms with van der Waals surface area (Å²) < 4.78 is 7.10. The fourth-order valence-electron chi connectivity index (χ4n) is 2.06. The van der Waals surface area contributed by atoms with E-state index in [0.717, 1.165) is 14.8 Å². The van der Waals surface area contributed by atoms with Gasteiger partial charge >= 0.3 is 5.97 Å². The molecule has 1 N–H and O–H groups in total. The van der Waals surface area contributed by atoms with Gasteiger partial charge in [-0.1, -0.05) is 6.07 Å². The Morgan fingerprint density at radius 1 is 1.44 bits per heavy atom. The number of hydrogen-bond acceptors (Lipinski definition) is 3. The van der Waals surface area contributed by atoms with Gasteiger partial charge in [-0.25, -0.2) is 0 Å². The highest BCUT2D eigenvalue weighted by Crippen LogP contribution is 2.34. The van der Waals surface area contributed by atoms with Crippen molar-refractivity contribution in [2.75, 3.05) is 7.11 Å².